The number of rotatable bonds is 3. The largest absolute Gasteiger partial charge is 0.507 e. The number of para-hydroxylation sites is 2. The Bertz CT molecular complexity index is 780. The monoisotopic (exact) mass is 314 g/mol. The van der Waals surface area contributed by atoms with Gasteiger partial charge in [0.25, 0.3) is 17.7 Å². The van der Waals surface area contributed by atoms with Crippen LogP contribution in [0.3, 0.4) is 0 Å². The fraction of sp³-hybridized carbons (Fsp3) is 0. The van der Waals surface area contributed by atoms with Crippen LogP contribution in [0, 0.1) is 0 Å². The van der Waals surface area contributed by atoms with Gasteiger partial charge in [0, 0.05) is 0 Å². The zero-order valence-electron chi connectivity index (χ0n) is 9.96. The maximum absolute atomic E-state index is 12.2. The van der Waals surface area contributed by atoms with Crippen molar-refractivity contribution in [2.75, 3.05) is 0 Å². The van der Waals surface area contributed by atoms with Crippen molar-refractivity contribution >= 4 is 17.7 Å². The zero-order valence-corrected chi connectivity index (χ0v) is 11.6. The van der Waals surface area contributed by atoms with E-state index in [0.717, 1.165) is 24.3 Å². The van der Waals surface area contributed by atoms with Crippen molar-refractivity contribution in [1.82, 2.24) is 0 Å². The number of phenols is 2. The van der Waals surface area contributed by atoms with Crippen LogP contribution in [0.5, 0.6) is 11.5 Å². The highest BCUT2D eigenvalue weighted by Gasteiger charge is 2.37. The first-order chi connectivity index (χ1) is 9.28. The van der Waals surface area contributed by atoms with Crippen molar-refractivity contribution in [3.63, 3.8) is 0 Å². The summed E-state index contributed by atoms with van der Waals surface area (Å²) in [4.78, 5) is -1.47. The van der Waals surface area contributed by atoms with Crippen LogP contribution in [0.25, 0.3) is 0 Å². The molecule has 0 aliphatic heterocycles. The van der Waals surface area contributed by atoms with E-state index in [4.69, 9.17) is 0 Å². The summed E-state index contributed by atoms with van der Waals surface area (Å²) < 4.78 is 48.7. The SMILES string of the molecule is O=S(=O)(c1ccccc1O)S(=O)(=O)c1ccccc1O. The molecule has 0 amide bonds. The highest BCUT2D eigenvalue weighted by atomic mass is 33.2. The highest BCUT2D eigenvalue weighted by molar-refractivity contribution is 8.67. The van der Waals surface area contributed by atoms with Crippen molar-refractivity contribution < 1.29 is 27.0 Å². The van der Waals surface area contributed by atoms with Crippen molar-refractivity contribution in [1.29, 1.82) is 0 Å². The third-order valence-electron chi connectivity index (χ3n) is 2.56. The zero-order chi connectivity index (χ0) is 15.0. The predicted octanol–water partition coefficient (Wildman–Crippen LogP) is 1.26. The van der Waals surface area contributed by atoms with Gasteiger partial charge < -0.3 is 10.2 Å². The molecule has 8 heteroatoms. The molecule has 2 aromatic rings. The summed E-state index contributed by atoms with van der Waals surface area (Å²) in [6, 6.07) is 9.37. The number of hydrogen-bond acceptors (Lipinski definition) is 6. The molecule has 0 unspecified atom stereocenters. The van der Waals surface area contributed by atoms with E-state index in [-0.39, 0.29) is 0 Å². The van der Waals surface area contributed by atoms with Gasteiger partial charge in [-0.3, -0.25) is 0 Å². The second-order valence-electron chi connectivity index (χ2n) is 3.84. The first kappa shape index (κ1) is 14.4. The summed E-state index contributed by atoms with van der Waals surface area (Å²) in [5, 5.41) is 19.0. The van der Waals surface area contributed by atoms with E-state index in [2.05, 4.69) is 0 Å². The molecule has 2 N–H and O–H groups in total. The Morgan fingerprint density at radius 2 is 0.900 bits per heavy atom. The average Bonchev–Trinajstić information content (AvgIpc) is 2.39. The van der Waals surface area contributed by atoms with Crippen LogP contribution in [-0.2, 0) is 17.7 Å². The highest BCUT2D eigenvalue weighted by Crippen LogP contribution is 2.33. The minimum atomic E-state index is -4.88. The van der Waals surface area contributed by atoms with E-state index in [0.29, 0.717) is 0 Å². The van der Waals surface area contributed by atoms with Gasteiger partial charge in [0.05, 0.1) is 0 Å². The molecule has 6 nitrogen and oxygen atoms in total. The molecule has 0 aromatic heterocycles. The predicted molar refractivity (Wildman–Crippen MR) is 70.6 cm³/mol. The standard InChI is InChI=1S/C12H10O6S2/c13-9-5-1-3-7-11(9)19(15,16)20(17,18)12-8-4-2-6-10(12)14/h1-8,13-14H. The molecule has 0 bridgehead atoms. The molecular formula is C12H10O6S2. The Labute approximate surface area is 115 Å². The van der Waals surface area contributed by atoms with Gasteiger partial charge in [0.1, 0.15) is 21.3 Å². The van der Waals surface area contributed by atoms with E-state index in [1.165, 1.54) is 24.3 Å². The molecule has 106 valence electrons. The lowest BCUT2D eigenvalue weighted by Crippen LogP contribution is -2.16. The third kappa shape index (κ3) is 2.12. The molecule has 0 aliphatic rings. The van der Waals surface area contributed by atoms with Crippen LogP contribution in [0.1, 0.15) is 0 Å². The van der Waals surface area contributed by atoms with Gasteiger partial charge in [-0.1, -0.05) is 24.3 Å². The minimum Gasteiger partial charge on any atom is -0.507 e. The molecular weight excluding hydrogens is 304 g/mol. The van der Waals surface area contributed by atoms with E-state index < -0.39 is 39.0 Å². The quantitative estimate of drug-likeness (QED) is 0.826. The Hall–Kier alpha value is -2.06. The molecule has 0 radical (unpaired) electrons. The summed E-state index contributed by atoms with van der Waals surface area (Å²) in [6.45, 7) is 0. The second kappa shape index (κ2) is 4.80. The number of aromatic hydroxyl groups is 2. The Kier molecular flexibility index (Phi) is 3.45. The summed E-state index contributed by atoms with van der Waals surface area (Å²) in [5.41, 5.74) is 0. The van der Waals surface area contributed by atoms with Gasteiger partial charge >= 0.3 is 0 Å². The Morgan fingerprint density at radius 1 is 0.600 bits per heavy atom. The topological polar surface area (TPSA) is 109 Å². The average molecular weight is 314 g/mol. The van der Waals surface area contributed by atoms with Gasteiger partial charge in [0.2, 0.25) is 0 Å². The van der Waals surface area contributed by atoms with E-state index in [1.807, 2.05) is 0 Å². The van der Waals surface area contributed by atoms with Gasteiger partial charge in [0.15, 0.2) is 0 Å². The lowest BCUT2D eigenvalue weighted by molar-refractivity contribution is 0.456. The number of hydrogen-bond donors (Lipinski definition) is 2. The van der Waals surface area contributed by atoms with Crippen molar-refractivity contribution in [2.24, 2.45) is 0 Å². The molecule has 0 spiro atoms. The maximum atomic E-state index is 12.2. The van der Waals surface area contributed by atoms with E-state index in [9.17, 15) is 27.0 Å². The smallest absolute Gasteiger partial charge is 0.290 e. The first-order valence-corrected chi connectivity index (χ1v) is 8.83. The molecule has 0 fully saturated rings. The van der Waals surface area contributed by atoms with Gasteiger partial charge in [-0.15, -0.1) is 0 Å². The van der Waals surface area contributed by atoms with Crippen LogP contribution in [0.2, 0.25) is 0 Å². The van der Waals surface area contributed by atoms with Crippen LogP contribution >= 0.6 is 0 Å². The molecule has 0 aliphatic carbocycles. The van der Waals surface area contributed by atoms with Crippen LogP contribution < -0.4 is 0 Å². The van der Waals surface area contributed by atoms with Crippen molar-refractivity contribution in [2.45, 2.75) is 9.79 Å². The summed E-state index contributed by atoms with van der Waals surface area (Å²) in [6.07, 6.45) is 0. The number of benzene rings is 2. The van der Waals surface area contributed by atoms with Gasteiger partial charge in [-0.05, 0) is 24.3 Å². The summed E-state index contributed by atoms with van der Waals surface area (Å²) in [7, 11) is -9.77. The molecule has 0 saturated carbocycles. The second-order valence-corrected chi connectivity index (χ2v) is 9.17. The summed E-state index contributed by atoms with van der Waals surface area (Å²) >= 11 is 0. The normalized spacial score (nSPS) is 12.2. The van der Waals surface area contributed by atoms with Gasteiger partial charge in [-0.2, -0.15) is 0 Å². The molecule has 0 atom stereocenters. The van der Waals surface area contributed by atoms with Crippen LogP contribution in [0.4, 0.5) is 0 Å². The van der Waals surface area contributed by atoms with Gasteiger partial charge in [-0.25, -0.2) is 16.8 Å². The van der Waals surface area contributed by atoms with Crippen LogP contribution in [-0.4, -0.2) is 27.0 Å². The molecule has 2 rings (SSSR count). The minimum absolute atomic E-state index is 0.675. The van der Waals surface area contributed by atoms with Crippen molar-refractivity contribution in [3.05, 3.63) is 48.5 Å². The fourth-order valence-corrected chi connectivity index (χ4v) is 5.45. The molecule has 0 saturated heterocycles. The lowest BCUT2D eigenvalue weighted by Gasteiger charge is -2.08. The van der Waals surface area contributed by atoms with E-state index in [1.54, 1.807) is 0 Å². The third-order valence-corrected chi connectivity index (χ3v) is 7.71. The maximum Gasteiger partial charge on any atom is 0.290 e. The van der Waals surface area contributed by atoms with E-state index >= 15 is 0 Å². The molecule has 20 heavy (non-hydrogen) atoms. The van der Waals surface area contributed by atoms with Crippen LogP contribution in [0.15, 0.2) is 58.3 Å². The first-order valence-electron chi connectivity index (χ1n) is 5.34. The lowest BCUT2D eigenvalue weighted by atomic mass is 10.3. The Balaban J connectivity index is 2.73. The fourth-order valence-electron chi connectivity index (χ4n) is 1.57. The summed E-state index contributed by atoms with van der Waals surface area (Å²) in [5.74, 6) is -1.35. The van der Waals surface area contributed by atoms with Crippen molar-refractivity contribution in [3.8, 4) is 11.5 Å². The Morgan fingerprint density at radius 3 is 1.20 bits per heavy atom. The number of phenolic OH excluding ortho intramolecular Hbond substituents is 2. The molecule has 0 heterocycles. The molecule has 2 aromatic carbocycles.